The summed E-state index contributed by atoms with van der Waals surface area (Å²) < 4.78 is 0. The molecule has 1 amide bonds. The second-order valence-electron chi connectivity index (χ2n) is 20.0. The van der Waals surface area contributed by atoms with Crippen molar-refractivity contribution in [1.29, 1.82) is 0 Å². The third-order valence-corrected chi connectivity index (χ3v) is 13.6. The molecule has 0 aromatic carbocycles. The number of amides is 1. The zero-order valence-electron chi connectivity index (χ0n) is 43.0. The molecule has 0 saturated carbocycles. The van der Waals surface area contributed by atoms with Gasteiger partial charge >= 0.3 is 0 Å². The van der Waals surface area contributed by atoms with E-state index in [1.165, 1.54) is 238 Å². The van der Waals surface area contributed by atoms with Crippen molar-refractivity contribution >= 4 is 5.91 Å². The van der Waals surface area contributed by atoms with Gasteiger partial charge in [0.15, 0.2) is 0 Å². The molecule has 0 aliphatic rings. The van der Waals surface area contributed by atoms with E-state index >= 15 is 0 Å². The number of hydrogen-bond acceptors (Lipinski definition) is 5. The molecule has 0 saturated heterocycles. The number of allylic oxidation sites excluding steroid dienone is 4. The summed E-state index contributed by atoms with van der Waals surface area (Å²) in [6.45, 7) is 4.08. The van der Waals surface area contributed by atoms with Gasteiger partial charge in [0.05, 0.1) is 18.8 Å². The van der Waals surface area contributed by atoms with Crippen LogP contribution >= 0.6 is 0 Å². The predicted octanol–water partition coefficient (Wildman–Crippen LogP) is 16.6. The lowest BCUT2D eigenvalue weighted by Crippen LogP contribution is -2.53. The molecule has 0 heterocycles. The molecular weight excluding hydrogens is 791 g/mol. The minimum Gasteiger partial charge on any atom is -0.394 e. The summed E-state index contributed by atoms with van der Waals surface area (Å²) in [7, 11) is 0. The van der Waals surface area contributed by atoms with Crippen molar-refractivity contribution in [1.82, 2.24) is 5.32 Å². The van der Waals surface area contributed by atoms with Crippen LogP contribution < -0.4 is 5.32 Å². The molecule has 0 bridgehead atoms. The minimum absolute atomic E-state index is 0.357. The Morgan fingerprint density at radius 2 is 0.641 bits per heavy atom. The molecule has 0 aliphatic carbocycles. The fraction of sp³-hybridized carbons (Fsp3) is 0.914. The predicted molar refractivity (Wildman–Crippen MR) is 279 cm³/mol. The summed E-state index contributed by atoms with van der Waals surface area (Å²) in [6, 6.07) is -1.00. The van der Waals surface area contributed by atoms with E-state index in [1.54, 1.807) is 0 Å². The highest BCUT2D eigenvalue weighted by Crippen LogP contribution is 2.18. The molecule has 380 valence electrons. The number of carbonyl (C=O) groups is 1. The van der Waals surface area contributed by atoms with Crippen LogP contribution in [0.25, 0.3) is 0 Å². The van der Waals surface area contributed by atoms with E-state index in [0.717, 1.165) is 44.9 Å². The van der Waals surface area contributed by atoms with Gasteiger partial charge in [-0.1, -0.05) is 269 Å². The van der Waals surface area contributed by atoms with Crippen molar-refractivity contribution in [2.75, 3.05) is 6.61 Å². The molecule has 6 heteroatoms. The molecule has 0 fully saturated rings. The Hall–Kier alpha value is -1.21. The van der Waals surface area contributed by atoms with Gasteiger partial charge in [-0.2, -0.15) is 0 Å². The van der Waals surface area contributed by atoms with Crippen LogP contribution in [0.4, 0.5) is 0 Å². The van der Waals surface area contributed by atoms with Gasteiger partial charge in [0.25, 0.3) is 0 Å². The molecule has 0 aliphatic heterocycles. The zero-order chi connectivity index (χ0) is 46.7. The number of nitrogens with one attached hydrogen (secondary N) is 1. The summed E-state index contributed by atoms with van der Waals surface area (Å²) in [5, 5.41) is 44.0. The summed E-state index contributed by atoms with van der Waals surface area (Å²) in [5.41, 5.74) is 0. The molecule has 0 rings (SSSR count). The maximum Gasteiger partial charge on any atom is 0.249 e. The van der Waals surface area contributed by atoms with E-state index in [1.807, 2.05) is 0 Å². The fourth-order valence-electron chi connectivity index (χ4n) is 9.11. The van der Waals surface area contributed by atoms with Gasteiger partial charge in [0.1, 0.15) is 12.2 Å². The minimum atomic E-state index is -1.28. The monoisotopic (exact) mass is 904 g/mol. The first-order valence-electron chi connectivity index (χ1n) is 28.7. The van der Waals surface area contributed by atoms with Crippen LogP contribution in [0.1, 0.15) is 309 Å². The van der Waals surface area contributed by atoms with Crippen LogP contribution in [0.15, 0.2) is 24.3 Å². The summed E-state index contributed by atoms with van der Waals surface area (Å²) in [4.78, 5) is 12.6. The fourth-order valence-corrected chi connectivity index (χ4v) is 9.11. The number of carbonyl (C=O) groups excluding carboxylic acids is 1. The first-order chi connectivity index (χ1) is 31.5. The van der Waals surface area contributed by atoms with Crippen LogP contribution in [0, 0.1) is 0 Å². The van der Waals surface area contributed by atoms with Crippen molar-refractivity contribution in [2.45, 2.75) is 334 Å². The molecule has 6 nitrogen and oxygen atoms in total. The lowest BCUT2D eigenvalue weighted by molar-refractivity contribution is -0.132. The largest absolute Gasteiger partial charge is 0.394 e. The summed E-state index contributed by atoms with van der Waals surface area (Å²) in [6.07, 6.45) is 64.0. The quantitative estimate of drug-likeness (QED) is 0.0308. The van der Waals surface area contributed by atoms with Crippen LogP contribution in [-0.2, 0) is 4.79 Å². The van der Waals surface area contributed by atoms with Crippen molar-refractivity contribution in [3.05, 3.63) is 24.3 Å². The Morgan fingerprint density at radius 3 is 0.938 bits per heavy atom. The lowest BCUT2D eigenvalue weighted by Gasteiger charge is -2.27. The van der Waals surface area contributed by atoms with Crippen LogP contribution in [0.3, 0.4) is 0 Å². The van der Waals surface area contributed by atoms with Crippen LogP contribution in [-0.4, -0.2) is 57.3 Å². The molecule has 0 aromatic heterocycles. The van der Waals surface area contributed by atoms with E-state index in [4.69, 9.17) is 0 Å². The third-order valence-electron chi connectivity index (χ3n) is 13.6. The van der Waals surface area contributed by atoms with Crippen molar-refractivity contribution in [3.63, 3.8) is 0 Å². The van der Waals surface area contributed by atoms with Crippen molar-refractivity contribution < 1.29 is 25.2 Å². The second-order valence-corrected chi connectivity index (χ2v) is 20.0. The van der Waals surface area contributed by atoms with E-state index in [-0.39, 0.29) is 0 Å². The van der Waals surface area contributed by atoms with E-state index in [9.17, 15) is 25.2 Å². The molecule has 4 atom stereocenters. The van der Waals surface area contributed by atoms with Gasteiger partial charge in [-0.15, -0.1) is 0 Å². The van der Waals surface area contributed by atoms with E-state index < -0.39 is 36.9 Å². The Morgan fingerprint density at radius 1 is 0.375 bits per heavy atom. The first kappa shape index (κ1) is 62.8. The maximum absolute atomic E-state index is 12.6. The zero-order valence-corrected chi connectivity index (χ0v) is 43.0. The highest BCUT2D eigenvalue weighted by molar-refractivity contribution is 5.80. The standard InChI is InChI=1S/C58H113NO5/c1-3-5-7-9-11-13-15-17-19-21-23-25-26-27-28-29-30-31-32-34-35-37-39-41-43-45-47-49-51-55(61)57(63)54(53-60)59-58(64)56(62)52-50-48-46-44-42-40-38-36-33-24-22-20-18-16-14-12-10-8-6-4-2/h33,36,43,45,54-57,60-63H,3-32,34-35,37-42,44,46-53H2,1-2H3,(H,59,64)/b36-33-,45-43+. The number of hydrogen-bond donors (Lipinski definition) is 5. The van der Waals surface area contributed by atoms with E-state index in [2.05, 4.69) is 43.5 Å². The highest BCUT2D eigenvalue weighted by atomic mass is 16.3. The Balaban J connectivity index is 3.64. The van der Waals surface area contributed by atoms with Gasteiger partial charge in [-0.3, -0.25) is 4.79 Å². The normalized spacial score (nSPS) is 13.9. The molecule has 0 spiro atoms. The van der Waals surface area contributed by atoms with Gasteiger partial charge in [-0.05, 0) is 64.2 Å². The Labute approximate surface area is 399 Å². The average molecular weight is 905 g/mol. The second kappa shape index (κ2) is 52.8. The SMILES string of the molecule is CCCCCCCCCCCC/C=C\CCCCCCCCC(O)C(=O)NC(CO)C(O)C(O)CCC/C=C/CCCCCCCCCCCCCCCCCCCCCCCCC. The smallest absolute Gasteiger partial charge is 0.249 e. The molecular formula is C58H113NO5. The van der Waals surface area contributed by atoms with Crippen LogP contribution in [0.5, 0.6) is 0 Å². The Kier molecular flexibility index (Phi) is 51.8. The molecule has 64 heavy (non-hydrogen) atoms. The summed E-state index contributed by atoms with van der Waals surface area (Å²) >= 11 is 0. The molecule has 5 N–H and O–H groups in total. The number of unbranched alkanes of at least 4 members (excludes halogenated alkanes) is 40. The lowest BCUT2D eigenvalue weighted by atomic mass is 10.00. The van der Waals surface area contributed by atoms with Gasteiger partial charge in [-0.25, -0.2) is 0 Å². The first-order valence-corrected chi connectivity index (χ1v) is 28.7. The molecule has 0 radical (unpaired) electrons. The maximum atomic E-state index is 12.6. The summed E-state index contributed by atoms with van der Waals surface area (Å²) in [5.74, 6) is -0.594. The highest BCUT2D eigenvalue weighted by Gasteiger charge is 2.28. The number of aliphatic hydroxyl groups is 4. The van der Waals surface area contributed by atoms with Gasteiger partial charge in [0.2, 0.25) is 5.91 Å². The van der Waals surface area contributed by atoms with Gasteiger partial charge in [0, 0.05) is 0 Å². The molecule has 4 unspecified atom stereocenters. The third kappa shape index (κ3) is 45.9. The number of rotatable bonds is 53. The Bertz CT molecular complexity index is 970. The van der Waals surface area contributed by atoms with E-state index in [0.29, 0.717) is 12.8 Å². The molecule has 0 aromatic rings. The van der Waals surface area contributed by atoms with Crippen LogP contribution in [0.2, 0.25) is 0 Å². The van der Waals surface area contributed by atoms with Crippen molar-refractivity contribution in [3.8, 4) is 0 Å². The van der Waals surface area contributed by atoms with Gasteiger partial charge < -0.3 is 25.7 Å². The number of aliphatic hydroxyl groups excluding tert-OH is 4. The topological polar surface area (TPSA) is 110 Å². The average Bonchev–Trinajstić information content (AvgIpc) is 3.30. The van der Waals surface area contributed by atoms with Crippen molar-refractivity contribution in [2.24, 2.45) is 0 Å².